The van der Waals surface area contributed by atoms with Crippen molar-refractivity contribution in [3.05, 3.63) is 30.9 Å². The van der Waals surface area contributed by atoms with Crippen molar-refractivity contribution in [1.82, 2.24) is 5.16 Å². The summed E-state index contributed by atoms with van der Waals surface area (Å²) < 4.78 is 9.71. The lowest BCUT2D eigenvalue weighted by Gasteiger charge is -1.82. The molecule has 0 aliphatic carbocycles. The quantitative estimate of drug-likeness (QED) is 0.599. The average Bonchev–Trinajstić information content (AvgIpc) is 2.59. The molecule has 0 radical (unpaired) electrons. The highest BCUT2D eigenvalue weighted by Gasteiger charge is 2.00. The van der Waals surface area contributed by atoms with Crippen LogP contribution in [0.1, 0.15) is 0 Å². The van der Waals surface area contributed by atoms with Gasteiger partial charge in [-0.25, -0.2) is 0 Å². The fourth-order valence-corrected chi connectivity index (χ4v) is 0.769. The van der Waals surface area contributed by atoms with E-state index in [1.54, 1.807) is 18.7 Å². The molecule has 2 aromatic heterocycles. The van der Waals surface area contributed by atoms with E-state index in [9.17, 15) is 0 Å². The maximum atomic E-state index is 5.08. The first-order valence-corrected chi connectivity index (χ1v) is 2.90. The summed E-state index contributed by atoms with van der Waals surface area (Å²) >= 11 is 0. The van der Waals surface area contributed by atoms with Crippen LogP contribution in [-0.2, 0) is 0 Å². The van der Waals surface area contributed by atoms with Gasteiger partial charge in [0.05, 0.1) is 18.0 Å². The lowest BCUT2D eigenvalue weighted by Crippen LogP contribution is -1.62. The normalized spacial score (nSPS) is 10.0. The molecule has 3 nitrogen and oxygen atoms in total. The Labute approximate surface area is 57.2 Å². The van der Waals surface area contributed by atoms with Crippen LogP contribution in [0.4, 0.5) is 0 Å². The smallest absolute Gasteiger partial charge is 0.138 e. The SMILES string of the molecule is c1coc(-c2cnoc2)c1. The minimum atomic E-state index is 0.779. The standard InChI is InChI=1S/C7H5NO2/c1-2-7(9-3-1)6-4-8-10-5-6/h1-5H. The van der Waals surface area contributed by atoms with E-state index >= 15 is 0 Å². The van der Waals surface area contributed by atoms with Crippen LogP contribution in [0, 0.1) is 0 Å². The molecule has 0 aliphatic rings. The first-order valence-electron chi connectivity index (χ1n) is 2.90. The number of nitrogens with zero attached hydrogens (tertiary/aromatic N) is 1. The minimum Gasteiger partial charge on any atom is -0.464 e. The lowest BCUT2D eigenvalue weighted by atomic mass is 10.3. The Morgan fingerprint density at radius 1 is 1.40 bits per heavy atom. The summed E-state index contributed by atoms with van der Waals surface area (Å²) in [5.74, 6) is 0.779. The maximum Gasteiger partial charge on any atom is 0.138 e. The molecule has 0 bridgehead atoms. The van der Waals surface area contributed by atoms with Crippen LogP contribution in [0.5, 0.6) is 0 Å². The van der Waals surface area contributed by atoms with Crippen LogP contribution in [0.2, 0.25) is 0 Å². The molecule has 3 heteroatoms. The van der Waals surface area contributed by atoms with Gasteiger partial charge in [-0.15, -0.1) is 0 Å². The molecule has 0 N–H and O–H groups in total. The van der Waals surface area contributed by atoms with Crippen LogP contribution in [0.3, 0.4) is 0 Å². The van der Waals surface area contributed by atoms with Crippen molar-refractivity contribution >= 4 is 0 Å². The second-order valence-electron chi connectivity index (χ2n) is 1.89. The Balaban J connectivity index is 2.48. The van der Waals surface area contributed by atoms with Crippen molar-refractivity contribution < 1.29 is 8.94 Å². The molecule has 2 aromatic rings. The topological polar surface area (TPSA) is 39.2 Å². The van der Waals surface area contributed by atoms with Crippen molar-refractivity contribution in [2.45, 2.75) is 0 Å². The summed E-state index contributed by atoms with van der Waals surface area (Å²) in [5.41, 5.74) is 0.866. The van der Waals surface area contributed by atoms with Gasteiger partial charge in [0, 0.05) is 0 Å². The number of rotatable bonds is 1. The average molecular weight is 135 g/mol. The predicted molar refractivity (Wildman–Crippen MR) is 34.2 cm³/mol. The van der Waals surface area contributed by atoms with Crippen molar-refractivity contribution in [3.8, 4) is 11.3 Å². The van der Waals surface area contributed by atoms with Crippen molar-refractivity contribution in [2.24, 2.45) is 0 Å². The van der Waals surface area contributed by atoms with E-state index in [1.807, 2.05) is 12.1 Å². The first kappa shape index (κ1) is 5.29. The van der Waals surface area contributed by atoms with Crippen molar-refractivity contribution in [2.75, 3.05) is 0 Å². The molecular weight excluding hydrogens is 130 g/mol. The van der Waals surface area contributed by atoms with Gasteiger partial charge in [0.1, 0.15) is 12.0 Å². The fourth-order valence-electron chi connectivity index (χ4n) is 0.769. The molecule has 0 spiro atoms. The predicted octanol–water partition coefficient (Wildman–Crippen LogP) is 1.93. The lowest BCUT2D eigenvalue weighted by molar-refractivity contribution is 0.419. The molecular formula is C7H5NO2. The Bertz CT molecular complexity index is 251. The molecule has 0 saturated carbocycles. The highest BCUT2D eigenvalue weighted by Crippen LogP contribution is 2.17. The maximum absolute atomic E-state index is 5.08. The Morgan fingerprint density at radius 3 is 3.00 bits per heavy atom. The van der Waals surface area contributed by atoms with Crippen LogP contribution >= 0.6 is 0 Å². The molecule has 2 heterocycles. The summed E-state index contributed by atoms with van der Waals surface area (Å²) in [6.45, 7) is 0. The summed E-state index contributed by atoms with van der Waals surface area (Å²) in [7, 11) is 0. The van der Waals surface area contributed by atoms with E-state index in [-0.39, 0.29) is 0 Å². The van der Waals surface area contributed by atoms with Gasteiger partial charge in [0.2, 0.25) is 0 Å². The zero-order valence-electron chi connectivity index (χ0n) is 5.15. The van der Waals surface area contributed by atoms with E-state index in [0.717, 1.165) is 11.3 Å². The summed E-state index contributed by atoms with van der Waals surface area (Å²) in [5, 5.41) is 3.54. The largest absolute Gasteiger partial charge is 0.464 e. The van der Waals surface area contributed by atoms with Gasteiger partial charge in [-0.05, 0) is 12.1 Å². The highest BCUT2D eigenvalue weighted by molar-refractivity contribution is 5.53. The first-order chi connectivity index (χ1) is 4.97. The van der Waals surface area contributed by atoms with Crippen LogP contribution < -0.4 is 0 Å². The Morgan fingerprint density at radius 2 is 2.40 bits per heavy atom. The van der Waals surface area contributed by atoms with E-state index in [1.165, 1.54) is 0 Å². The van der Waals surface area contributed by atoms with Crippen molar-refractivity contribution in [3.63, 3.8) is 0 Å². The van der Waals surface area contributed by atoms with E-state index in [2.05, 4.69) is 9.68 Å². The fraction of sp³-hybridized carbons (Fsp3) is 0. The number of hydrogen-bond acceptors (Lipinski definition) is 3. The second kappa shape index (κ2) is 2.02. The van der Waals surface area contributed by atoms with Crippen LogP contribution in [-0.4, -0.2) is 5.16 Å². The van der Waals surface area contributed by atoms with Crippen LogP contribution in [0.15, 0.2) is 39.8 Å². The van der Waals surface area contributed by atoms with E-state index < -0.39 is 0 Å². The summed E-state index contributed by atoms with van der Waals surface area (Å²) in [6, 6.07) is 3.68. The molecule has 50 valence electrons. The number of furan rings is 1. The number of aromatic nitrogens is 1. The molecule has 0 amide bonds. The molecule has 0 saturated heterocycles. The van der Waals surface area contributed by atoms with Gasteiger partial charge in [0.15, 0.2) is 0 Å². The molecule has 2 rings (SSSR count). The highest BCUT2D eigenvalue weighted by atomic mass is 16.5. The Hall–Kier alpha value is -1.51. The summed E-state index contributed by atoms with van der Waals surface area (Å²) in [6.07, 6.45) is 4.76. The third kappa shape index (κ3) is 0.719. The zero-order valence-corrected chi connectivity index (χ0v) is 5.15. The van der Waals surface area contributed by atoms with Gasteiger partial charge in [-0.1, -0.05) is 5.16 Å². The third-order valence-corrected chi connectivity index (χ3v) is 1.24. The second-order valence-corrected chi connectivity index (χ2v) is 1.89. The monoisotopic (exact) mass is 135 g/mol. The molecule has 0 fully saturated rings. The van der Waals surface area contributed by atoms with Gasteiger partial charge >= 0.3 is 0 Å². The van der Waals surface area contributed by atoms with Crippen LogP contribution in [0.25, 0.3) is 11.3 Å². The number of hydrogen-bond donors (Lipinski definition) is 0. The molecule has 0 aliphatic heterocycles. The summed E-state index contributed by atoms with van der Waals surface area (Å²) in [4.78, 5) is 0. The molecule has 0 unspecified atom stereocenters. The minimum absolute atomic E-state index is 0.779. The molecule has 10 heavy (non-hydrogen) atoms. The van der Waals surface area contributed by atoms with Gasteiger partial charge < -0.3 is 8.94 Å². The third-order valence-electron chi connectivity index (χ3n) is 1.24. The Kier molecular flexibility index (Phi) is 1.07. The molecule has 0 atom stereocenters. The van der Waals surface area contributed by atoms with E-state index in [0.29, 0.717) is 0 Å². The van der Waals surface area contributed by atoms with Gasteiger partial charge in [0.25, 0.3) is 0 Å². The van der Waals surface area contributed by atoms with Crippen molar-refractivity contribution in [1.29, 1.82) is 0 Å². The zero-order chi connectivity index (χ0) is 6.81. The van der Waals surface area contributed by atoms with E-state index in [4.69, 9.17) is 4.42 Å². The molecule has 0 aromatic carbocycles. The van der Waals surface area contributed by atoms with Gasteiger partial charge in [-0.2, -0.15) is 0 Å². The van der Waals surface area contributed by atoms with Gasteiger partial charge in [-0.3, -0.25) is 0 Å².